The van der Waals surface area contributed by atoms with Crippen LogP contribution in [0.1, 0.15) is 24.8 Å². The molecular weight excluding hydrogens is 352 g/mol. The summed E-state index contributed by atoms with van der Waals surface area (Å²) in [6, 6.07) is 15.8. The molecule has 2 atom stereocenters. The molecule has 0 radical (unpaired) electrons. The van der Waals surface area contributed by atoms with Crippen LogP contribution in [0.15, 0.2) is 48.5 Å². The van der Waals surface area contributed by atoms with Crippen molar-refractivity contribution in [3.05, 3.63) is 54.1 Å². The van der Waals surface area contributed by atoms with Crippen LogP contribution in [0.2, 0.25) is 0 Å². The number of ether oxygens (including phenoxy) is 2. The average molecular weight is 378 g/mol. The number of nitrogens with zero attached hydrogens (tertiary/aromatic N) is 2. The van der Waals surface area contributed by atoms with Gasteiger partial charge >= 0.3 is 0 Å². The smallest absolute Gasteiger partial charge is 0.244 e. The van der Waals surface area contributed by atoms with Crippen LogP contribution in [0.4, 0.5) is 5.69 Å². The van der Waals surface area contributed by atoms with Gasteiger partial charge in [-0.2, -0.15) is 0 Å². The Bertz CT molecular complexity index is 862. The van der Waals surface area contributed by atoms with Crippen molar-refractivity contribution >= 4 is 11.6 Å². The zero-order valence-corrected chi connectivity index (χ0v) is 16.2. The Morgan fingerprint density at radius 3 is 2.64 bits per heavy atom. The lowest BCUT2D eigenvalue weighted by molar-refractivity contribution is -0.123. The highest BCUT2D eigenvalue weighted by Gasteiger charge is 2.44. The summed E-state index contributed by atoms with van der Waals surface area (Å²) >= 11 is 0. The van der Waals surface area contributed by atoms with Gasteiger partial charge in [-0.05, 0) is 48.6 Å². The lowest BCUT2D eigenvalue weighted by Gasteiger charge is -2.32. The van der Waals surface area contributed by atoms with Crippen LogP contribution < -0.4 is 14.4 Å². The van der Waals surface area contributed by atoms with E-state index in [4.69, 9.17) is 9.47 Å². The van der Waals surface area contributed by atoms with E-state index in [1.165, 1.54) is 12.8 Å². The molecule has 5 rings (SSSR count). The predicted molar refractivity (Wildman–Crippen MR) is 108 cm³/mol. The summed E-state index contributed by atoms with van der Waals surface area (Å²) < 4.78 is 11.6. The number of amides is 1. The number of hydrogen-bond acceptors (Lipinski definition) is 4. The highest BCUT2D eigenvalue weighted by Crippen LogP contribution is 2.39. The molecule has 2 aliphatic heterocycles. The van der Waals surface area contributed by atoms with Crippen LogP contribution in [0.25, 0.3) is 0 Å². The van der Waals surface area contributed by atoms with E-state index >= 15 is 0 Å². The maximum Gasteiger partial charge on any atom is 0.244 e. The molecule has 0 N–H and O–H groups in total. The van der Waals surface area contributed by atoms with E-state index in [1.807, 2.05) is 53.4 Å². The number of carbonyl (C=O) groups is 1. The van der Waals surface area contributed by atoms with E-state index in [0.717, 1.165) is 48.2 Å². The molecule has 1 amide bonds. The van der Waals surface area contributed by atoms with E-state index in [-0.39, 0.29) is 18.1 Å². The molecular formula is C23H26N2O3. The summed E-state index contributed by atoms with van der Waals surface area (Å²) in [5, 5.41) is 0. The third-order valence-corrected chi connectivity index (χ3v) is 6.06. The number of methoxy groups -OCH3 is 1. The first-order valence-electron chi connectivity index (χ1n) is 10.2. The molecule has 28 heavy (non-hydrogen) atoms. The summed E-state index contributed by atoms with van der Waals surface area (Å²) in [5.41, 5.74) is 1.94. The molecule has 2 aromatic carbocycles. The Labute approximate surface area is 165 Å². The van der Waals surface area contributed by atoms with Crippen molar-refractivity contribution in [2.45, 2.75) is 38.0 Å². The molecule has 2 heterocycles. The second-order valence-corrected chi connectivity index (χ2v) is 8.13. The Morgan fingerprint density at radius 2 is 1.89 bits per heavy atom. The van der Waals surface area contributed by atoms with E-state index in [2.05, 4.69) is 4.90 Å². The molecule has 2 aromatic rings. The third kappa shape index (κ3) is 3.35. The van der Waals surface area contributed by atoms with Gasteiger partial charge in [-0.1, -0.05) is 24.3 Å². The quantitative estimate of drug-likeness (QED) is 0.799. The van der Waals surface area contributed by atoms with Gasteiger partial charge in [-0.25, -0.2) is 0 Å². The van der Waals surface area contributed by atoms with Crippen molar-refractivity contribution < 1.29 is 14.3 Å². The summed E-state index contributed by atoms with van der Waals surface area (Å²) in [6.45, 7) is 2.39. The monoisotopic (exact) mass is 378 g/mol. The highest BCUT2D eigenvalue weighted by atomic mass is 16.5. The van der Waals surface area contributed by atoms with E-state index < -0.39 is 0 Å². The summed E-state index contributed by atoms with van der Waals surface area (Å²) in [4.78, 5) is 17.9. The second kappa shape index (κ2) is 7.13. The molecule has 0 aromatic heterocycles. The Balaban J connectivity index is 1.48. The number of anilines is 1. The average Bonchev–Trinajstić information content (AvgIpc) is 3.44. The molecule has 2 fully saturated rings. The van der Waals surface area contributed by atoms with Crippen LogP contribution in [0.5, 0.6) is 11.5 Å². The third-order valence-electron chi connectivity index (χ3n) is 6.06. The number of rotatable bonds is 5. The number of likely N-dealkylation sites (tertiary alicyclic amines) is 1. The molecule has 1 saturated heterocycles. The van der Waals surface area contributed by atoms with Gasteiger partial charge in [0.2, 0.25) is 5.91 Å². The number of hydrogen-bond donors (Lipinski definition) is 0. The summed E-state index contributed by atoms with van der Waals surface area (Å²) in [6.07, 6.45) is 3.45. The number of carbonyl (C=O) groups excluding carboxylic acids is 1. The molecule has 3 aliphatic rings. The first-order chi connectivity index (χ1) is 13.7. The first-order valence-corrected chi connectivity index (χ1v) is 10.2. The van der Waals surface area contributed by atoms with E-state index in [1.54, 1.807) is 7.11 Å². The van der Waals surface area contributed by atoms with Crippen molar-refractivity contribution in [1.29, 1.82) is 0 Å². The molecule has 146 valence electrons. The number of benzene rings is 2. The Morgan fingerprint density at radius 1 is 1.11 bits per heavy atom. The van der Waals surface area contributed by atoms with Crippen LogP contribution in [0, 0.1) is 5.92 Å². The summed E-state index contributed by atoms with van der Waals surface area (Å²) in [5.74, 6) is 2.57. The fourth-order valence-corrected chi connectivity index (χ4v) is 4.37. The second-order valence-electron chi connectivity index (χ2n) is 8.13. The minimum Gasteiger partial charge on any atom is -0.497 e. The first kappa shape index (κ1) is 17.6. The lowest BCUT2D eigenvalue weighted by Crippen LogP contribution is -2.46. The SMILES string of the molecule is COc1ccc(CN2C(=O)[C@@H]3C[C@@H](CN3CC3CC3)Oc3ccccc32)cc1. The van der Waals surface area contributed by atoms with Crippen molar-refractivity contribution in [2.24, 2.45) is 5.92 Å². The maximum absolute atomic E-state index is 13.7. The minimum absolute atomic E-state index is 0.0859. The van der Waals surface area contributed by atoms with Crippen LogP contribution in [0.3, 0.4) is 0 Å². The van der Waals surface area contributed by atoms with Crippen molar-refractivity contribution in [1.82, 2.24) is 4.90 Å². The lowest BCUT2D eigenvalue weighted by atomic mass is 10.1. The van der Waals surface area contributed by atoms with Crippen LogP contribution in [-0.4, -0.2) is 43.2 Å². The largest absolute Gasteiger partial charge is 0.497 e. The molecule has 1 saturated carbocycles. The standard InChI is InChI=1S/C23H26N2O3/c1-27-18-10-8-17(9-11-18)14-25-20-4-2-3-5-22(20)28-19-12-21(23(25)26)24(15-19)13-16-6-7-16/h2-5,8-11,16,19,21H,6-7,12-15H2,1H3/t19-,21-/m0/s1. The van der Waals surface area contributed by atoms with Crippen LogP contribution >= 0.6 is 0 Å². The van der Waals surface area contributed by atoms with Crippen LogP contribution in [-0.2, 0) is 11.3 Å². The highest BCUT2D eigenvalue weighted by molar-refractivity contribution is 5.99. The molecule has 5 heteroatoms. The van der Waals surface area contributed by atoms with Gasteiger partial charge in [0.1, 0.15) is 17.6 Å². The van der Waals surface area contributed by atoms with Gasteiger partial charge in [-0.3, -0.25) is 9.69 Å². The van der Waals surface area contributed by atoms with Gasteiger partial charge < -0.3 is 14.4 Å². The molecule has 0 spiro atoms. The van der Waals surface area contributed by atoms with Gasteiger partial charge in [0.25, 0.3) is 0 Å². The topological polar surface area (TPSA) is 42.0 Å². The molecule has 1 aliphatic carbocycles. The molecule has 5 nitrogen and oxygen atoms in total. The zero-order valence-electron chi connectivity index (χ0n) is 16.2. The molecule has 2 bridgehead atoms. The predicted octanol–water partition coefficient (Wildman–Crippen LogP) is 3.47. The fraction of sp³-hybridized carbons (Fsp3) is 0.435. The van der Waals surface area contributed by atoms with Gasteiger partial charge in [0.05, 0.1) is 25.4 Å². The van der Waals surface area contributed by atoms with Crippen molar-refractivity contribution in [2.75, 3.05) is 25.1 Å². The Hall–Kier alpha value is -2.53. The van der Waals surface area contributed by atoms with E-state index in [0.29, 0.717) is 6.54 Å². The molecule has 0 unspecified atom stereocenters. The normalized spacial score (nSPS) is 24.3. The Kier molecular flexibility index (Phi) is 4.47. The van der Waals surface area contributed by atoms with E-state index in [9.17, 15) is 4.79 Å². The van der Waals surface area contributed by atoms with Crippen molar-refractivity contribution in [3.63, 3.8) is 0 Å². The number of para-hydroxylation sites is 2. The van der Waals surface area contributed by atoms with Crippen molar-refractivity contribution in [3.8, 4) is 11.5 Å². The van der Waals surface area contributed by atoms with Gasteiger partial charge in [0, 0.05) is 19.5 Å². The summed E-state index contributed by atoms with van der Waals surface area (Å²) in [7, 11) is 1.66. The number of fused-ring (bicyclic) bond motifs is 3. The zero-order chi connectivity index (χ0) is 19.1. The minimum atomic E-state index is -0.0859. The maximum atomic E-state index is 13.7. The van der Waals surface area contributed by atoms with Gasteiger partial charge in [0.15, 0.2) is 0 Å². The fourth-order valence-electron chi connectivity index (χ4n) is 4.37. The van der Waals surface area contributed by atoms with Gasteiger partial charge in [-0.15, -0.1) is 0 Å².